The third-order valence-corrected chi connectivity index (χ3v) is 4.35. The smallest absolute Gasteiger partial charge is 0.323 e. The fourth-order valence-corrected chi connectivity index (χ4v) is 2.88. The third-order valence-electron chi connectivity index (χ3n) is 4.10. The van der Waals surface area contributed by atoms with Crippen molar-refractivity contribution in [2.75, 3.05) is 45.2 Å². The number of carboxylic acids is 1. The van der Waals surface area contributed by atoms with E-state index < -0.39 is 24.3 Å². The molecule has 8 heteroatoms. The van der Waals surface area contributed by atoms with E-state index >= 15 is 0 Å². The second-order valence-electron chi connectivity index (χ2n) is 6.26. The Morgan fingerprint density at radius 3 is 2.44 bits per heavy atom. The van der Waals surface area contributed by atoms with Crippen LogP contribution in [0.2, 0.25) is 5.02 Å². The minimum atomic E-state index is -1.09. The summed E-state index contributed by atoms with van der Waals surface area (Å²) in [6.45, 7) is 0.812. The minimum absolute atomic E-state index is 0.267. The summed E-state index contributed by atoms with van der Waals surface area (Å²) in [5.74, 6) is -2.65. The summed E-state index contributed by atoms with van der Waals surface area (Å²) in [4.78, 5) is 41.1. The van der Waals surface area contributed by atoms with Gasteiger partial charge in [0.2, 0.25) is 11.8 Å². The van der Waals surface area contributed by atoms with Gasteiger partial charge in [-0.05, 0) is 44.8 Å². The first-order chi connectivity index (χ1) is 11.8. The van der Waals surface area contributed by atoms with Crippen LogP contribution in [0.4, 0.5) is 5.69 Å². The lowest BCUT2D eigenvalue weighted by atomic mass is 10.1. The zero-order valence-electron chi connectivity index (χ0n) is 14.3. The molecule has 1 atom stereocenters. The number of halogens is 1. The highest BCUT2D eigenvalue weighted by atomic mass is 35.5. The van der Waals surface area contributed by atoms with Crippen LogP contribution in [0.1, 0.15) is 6.42 Å². The highest BCUT2D eigenvalue weighted by molar-refractivity contribution is 6.30. The first kappa shape index (κ1) is 19.2. The van der Waals surface area contributed by atoms with Crippen molar-refractivity contribution >= 4 is 35.1 Å². The highest BCUT2D eigenvalue weighted by Gasteiger charge is 2.40. The molecule has 1 aliphatic rings. The fourth-order valence-electron chi connectivity index (χ4n) is 2.76. The summed E-state index contributed by atoms with van der Waals surface area (Å²) in [5, 5.41) is 9.62. The predicted octanol–water partition coefficient (Wildman–Crippen LogP) is 1.17. The van der Waals surface area contributed by atoms with Crippen LogP contribution in [0.25, 0.3) is 0 Å². The summed E-state index contributed by atoms with van der Waals surface area (Å²) in [5.41, 5.74) is 0.683. The summed E-state index contributed by atoms with van der Waals surface area (Å²) in [7, 11) is 3.68. The van der Waals surface area contributed by atoms with E-state index in [4.69, 9.17) is 16.7 Å². The molecule has 0 spiro atoms. The molecule has 0 aliphatic carbocycles. The van der Waals surface area contributed by atoms with Crippen molar-refractivity contribution < 1.29 is 19.5 Å². The molecular formula is C17H22ClN3O4. The third kappa shape index (κ3) is 4.93. The lowest BCUT2D eigenvalue weighted by Gasteiger charge is -2.25. The topological polar surface area (TPSA) is 81.2 Å². The molecule has 1 unspecified atom stereocenters. The van der Waals surface area contributed by atoms with Crippen molar-refractivity contribution in [1.29, 1.82) is 0 Å². The molecule has 1 aliphatic heterocycles. The number of hydrogen-bond donors (Lipinski definition) is 1. The van der Waals surface area contributed by atoms with Gasteiger partial charge in [0.05, 0.1) is 0 Å². The maximum atomic E-state index is 12.7. The van der Waals surface area contributed by atoms with Crippen molar-refractivity contribution in [2.45, 2.75) is 6.42 Å². The number of amides is 2. The molecule has 2 amide bonds. The first-order valence-corrected chi connectivity index (χ1v) is 8.39. The molecule has 0 saturated carbocycles. The number of carbonyl (C=O) groups is 3. The number of hydrogen-bond acceptors (Lipinski definition) is 4. The first-order valence-electron chi connectivity index (χ1n) is 8.02. The molecule has 1 aromatic rings. The number of likely N-dealkylation sites (N-methyl/N-ethyl adjacent to an activating group) is 1. The SMILES string of the molecule is CN(C)CCN(CC(=O)O)C(=O)C1CCN(c2ccc(Cl)cc2)C1=O. The molecule has 1 fully saturated rings. The second kappa shape index (κ2) is 8.31. The number of benzene rings is 1. The number of anilines is 1. The molecule has 2 rings (SSSR count). The average molecular weight is 368 g/mol. The second-order valence-corrected chi connectivity index (χ2v) is 6.70. The van der Waals surface area contributed by atoms with Crippen LogP contribution in [0.15, 0.2) is 24.3 Å². The Kier molecular flexibility index (Phi) is 6.39. The Hall–Kier alpha value is -2.12. The van der Waals surface area contributed by atoms with Crippen molar-refractivity contribution in [3.8, 4) is 0 Å². The van der Waals surface area contributed by atoms with Gasteiger partial charge >= 0.3 is 5.97 Å². The van der Waals surface area contributed by atoms with Crippen LogP contribution in [0, 0.1) is 5.92 Å². The Labute approximate surface area is 151 Å². The standard InChI is InChI=1S/C17H22ClN3O4/c1-19(2)9-10-20(11-15(22)23)16(24)14-7-8-21(17(14)25)13-5-3-12(18)4-6-13/h3-6,14H,7-11H2,1-2H3,(H,22,23). The van der Waals surface area contributed by atoms with Crippen LogP contribution >= 0.6 is 11.6 Å². The summed E-state index contributed by atoms with van der Waals surface area (Å²) in [6, 6.07) is 6.84. The van der Waals surface area contributed by atoms with Crippen molar-refractivity contribution in [1.82, 2.24) is 9.80 Å². The quantitative estimate of drug-likeness (QED) is 0.731. The molecule has 0 bridgehead atoms. The van der Waals surface area contributed by atoms with Gasteiger partial charge in [0, 0.05) is 30.3 Å². The molecule has 1 aromatic carbocycles. The largest absolute Gasteiger partial charge is 0.480 e. The highest BCUT2D eigenvalue weighted by Crippen LogP contribution is 2.27. The fraction of sp³-hybridized carbons (Fsp3) is 0.471. The van der Waals surface area contributed by atoms with E-state index in [1.165, 1.54) is 4.90 Å². The number of aliphatic carboxylic acids is 1. The van der Waals surface area contributed by atoms with E-state index in [2.05, 4.69) is 0 Å². The van der Waals surface area contributed by atoms with E-state index in [0.717, 1.165) is 0 Å². The Bertz CT molecular complexity index is 648. The van der Waals surface area contributed by atoms with Gasteiger partial charge in [-0.3, -0.25) is 14.4 Å². The minimum Gasteiger partial charge on any atom is -0.480 e. The normalized spacial score (nSPS) is 17.2. The van der Waals surface area contributed by atoms with Gasteiger partial charge in [0.25, 0.3) is 0 Å². The van der Waals surface area contributed by atoms with Gasteiger partial charge in [0.15, 0.2) is 0 Å². The Morgan fingerprint density at radius 2 is 1.88 bits per heavy atom. The van der Waals surface area contributed by atoms with E-state index in [1.54, 1.807) is 29.2 Å². The molecule has 1 N–H and O–H groups in total. The van der Waals surface area contributed by atoms with E-state index in [1.807, 2.05) is 19.0 Å². The predicted molar refractivity (Wildman–Crippen MR) is 94.7 cm³/mol. The maximum absolute atomic E-state index is 12.7. The van der Waals surface area contributed by atoms with Gasteiger partial charge in [-0.2, -0.15) is 0 Å². The maximum Gasteiger partial charge on any atom is 0.323 e. The van der Waals surface area contributed by atoms with Gasteiger partial charge in [-0.15, -0.1) is 0 Å². The van der Waals surface area contributed by atoms with Crippen LogP contribution < -0.4 is 4.90 Å². The zero-order chi connectivity index (χ0) is 18.6. The molecular weight excluding hydrogens is 346 g/mol. The summed E-state index contributed by atoms with van der Waals surface area (Å²) < 4.78 is 0. The van der Waals surface area contributed by atoms with Crippen LogP contribution in [-0.4, -0.2) is 73.0 Å². The van der Waals surface area contributed by atoms with E-state index in [9.17, 15) is 14.4 Å². The average Bonchev–Trinajstić information content (AvgIpc) is 2.92. The zero-order valence-corrected chi connectivity index (χ0v) is 15.1. The van der Waals surface area contributed by atoms with Gasteiger partial charge in [0.1, 0.15) is 12.5 Å². The van der Waals surface area contributed by atoms with Gasteiger partial charge in [-0.1, -0.05) is 11.6 Å². The molecule has 0 radical (unpaired) electrons. The van der Waals surface area contributed by atoms with E-state index in [0.29, 0.717) is 30.2 Å². The van der Waals surface area contributed by atoms with Gasteiger partial charge in [-0.25, -0.2) is 0 Å². The van der Waals surface area contributed by atoms with Crippen LogP contribution in [0.3, 0.4) is 0 Å². The molecule has 25 heavy (non-hydrogen) atoms. The Balaban J connectivity index is 2.10. The lowest BCUT2D eigenvalue weighted by molar-refractivity contribution is -0.148. The number of carbonyl (C=O) groups excluding carboxylic acids is 2. The molecule has 0 aromatic heterocycles. The lowest BCUT2D eigenvalue weighted by Crippen LogP contribution is -2.45. The Morgan fingerprint density at radius 1 is 1.24 bits per heavy atom. The summed E-state index contributed by atoms with van der Waals surface area (Å²) in [6.07, 6.45) is 0.373. The monoisotopic (exact) mass is 367 g/mol. The number of rotatable bonds is 7. The van der Waals surface area contributed by atoms with Crippen LogP contribution in [-0.2, 0) is 14.4 Å². The van der Waals surface area contributed by atoms with Crippen molar-refractivity contribution in [2.24, 2.45) is 5.92 Å². The molecule has 7 nitrogen and oxygen atoms in total. The van der Waals surface area contributed by atoms with Gasteiger partial charge < -0.3 is 19.8 Å². The van der Waals surface area contributed by atoms with Crippen LogP contribution in [0.5, 0.6) is 0 Å². The van der Waals surface area contributed by atoms with E-state index in [-0.39, 0.29) is 12.5 Å². The molecule has 1 heterocycles. The van der Waals surface area contributed by atoms with Crippen molar-refractivity contribution in [3.05, 3.63) is 29.3 Å². The number of nitrogens with zero attached hydrogens (tertiary/aromatic N) is 3. The molecule has 136 valence electrons. The molecule has 1 saturated heterocycles. The van der Waals surface area contributed by atoms with Crippen molar-refractivity contribution in [3.63, 3.8) is 0 Å². The number of carboxylic acid groups (broad SMARTS) is 1. The summed E-state index contributed by atoms with van der Waals surface area (Å²) >= 11 is 5.86.